The Morgan fingerprint density at radius 1 is 1.25 bits per heavy atom. The van der Waals surface area contributed by atoms with Gasteiger partial charge in [-0.3, -0.25) is 9.36 Å². The molecule has 2 aromatic heterocycles. The molecule has 28 heavy (non-hydrogen) atoms. The summed E-state index contributed by atoms with van der Waals surface area (Å²) in [5.74, 6) is 0.429. The van der Waals surface area contributed by atoms with E-state index in [0.717, 1.165) is 37.8 Å². The predicted molar refractivity (Wildman–Crippen MR) is 118 cm³/mol. The SMILES string of the molecule is CC(C)Sc1nc2sc3c(c2c(=O)n1Cc1ccccc1)C[C@H](C(C)C)OC3. The lowest BCUT2D eigenvalue weighted by Crippen LogP contribution is -2.29. The van der Waals surface area contributed by atoms with Gasteiger partial charge < -0.3 is 4.74 Å². The molecular weight excluding hydrogens is 388 g/mol. The maximum absolute atomic E-state index is 13.6. The van der Waals surface area contributed by atoms with Gasteiger partial charge in [0.15, 0.2) is 5.16 Å². The number of nitrogens with zero attached hydrogens (tertiary/aromatic N) is 2. The lowest BCUT2D eigenvalue weighted by molar-refractivity contribution is 0.00200. The first kappa shape index (κ1) is 19.7. The second-order valence-electron chi connectivity index (χ2n) is 7.92. The van der Waals surface area contributed by atoms with Gasteiger partial charge in [0.25, 0.3) is 5.56 Å². The van der Waals surface area contributed by atoms with Crippen LogP contribution < -0.4 is 5.56 Å². The highest BCUT2D eigenvalue weighted by Gasteiger charge is 2.28. The largest absolute Gasteiger partial charge is 0.372 e. The zero-order valence-corrected chi connectivity index (χ0v) is 18.4. The zero-order chi connectivity index (χ0) is 19.8. The smallest absolute Gasteiger partial charge is 0.263 e. The van der Waals surface area contributed by atoms with Crippen LogP contribution in [-0.4, -0.2) is 20.9 Å². The minimum atomic E-state index is 0.0823. The topological polar surface area (TPSA) is 44.1 Å². The minimum Gasteiger partial charge on any atom is -0.372 e. The Bertz CT molecular complexity index is 1040. The average molecular weight is 415 g/mol. The lowest BCUT2D eigenvalue weighted by atomic mass is 9.96. The summed E-state index contributed by atoms with van der Waals surface area (Å²) in [4.78, 5) is 20.6. The lowest BCUT2D eigenvalue weighted by Gasteiger charge is -2.26. The Kier molecular flexibility index (Phi) is 5.63. The van der Waals surface area contributed by atoms with E-state index in [1.54, 1.807) is 23.1 Å². The Morgan fingerprint density at radius 2 is 2.00 bits per heavy atom. The van der Waals surface area contributed by atoms with E-state index in [1.165, 1.54) is 0 Å². The molecule has 4 nitrogen and oxygen atoms in total. The van der Waals surface area contributed by atoms with E-state index in [0.29, 0.717) is 24.3 Å². The molecule has 4 rings (SSSR count). The van der Waals surface area contributed by atoms with Crippen molar-refractivity contribution in [3.63, 3.8) is 0 Å². The third-order valence-corrected chi connectivity index (χ3v) is 7.15. The molecule has 0 bridgehead atoms. The summed E-state index contributed by atoms with van der Waals surface area (Å²) in [7, 11) is 0. The monoisotopic (exact) mass is 414 g/mol. The molecule has 0 spiro atoms. The third-order valence-electron chi connectivity index (χ3n) is 5.06. The van der Waals surface area contributed by atoms with Crippen LogP contribution in [0.3, 0.4) is 0 Å². The standard InChI is InChI=1S/C22H26N2O2S2/c1-13(2)17-10-16-18(12-26-17)28-20-19(16)21(25)24(22(23-20)27-14(3)4)11-15-8-6-5-7-9-15/h5-9,13-14,17H,10-12H2,1-4H3/t17-/m1/s1. The maximum Gasteiger partial charge on any atom is 0.263 e. The zero-order valence-electron chi connectivity index (χ0n) is 16.8. The van der Waals surface area contributed by atoms with Crippen LogP contribution in [0.5, 0.6) is 0 Å². The van der Waals surface area contributed by atoms with Crippen molar-refractivity contribution < 1.29 is 4.74 Å². The van der Waals surface area contributed by atoms with E-state index < -0.39 is 0 Å². The highest BCUT2D eigenvalue weighted by atomic mass is 32.2. The van der Waals surface area contributed by atoms with Crippen LogP contribution in [-0.2, 0) is 24.3 Å². The number of thioether (sulfide) groups is 1. The molecule has 0 unspecified atom stereocenters. The maximum atomic E-state index is 13.6. The number of hydrogen-bond donors (Lipinski definition) is 0. The van der Waals surface area contributed by atoms with Gasteiger partial charge in [-0.15, -0.1) is 11.3 Å². The number of benzene rings is 1. The van der Waals surface area contributed by atoms with Crippen LogP contribution in [0.25, 0.3) is 10.2 Å². The summed E-state index contributed by atoms with van der Waals surface area (Å²) in [5, 5.41) is 1.96. The number of thiophene rings is 1. The van der Waals surface area contributed by atoms with Crippen LogP contribution in [0.15, 0.2) is 40.3 Å². The molecule has 0 amide bonds. The van der Waals surface area contributed by atoms with Crippen molar-refractivity contribution in [2.24, 2.45) is 5.92 Å². The molecule has 3 aromatic rings. The normalized spacial score (nSPS) is 16.9. The molecule has 0 aliphatic carbocycles. The molecule has 0 saturated carbocycles. The van der Waals surface area contributed by atoms with Crippen molar-refractivity contribution >= 4 is 33.3 Å². The molecule has 1 aromatic carbocycles. The van der Waals surface area contributed by atoms with Crippen LogP contribution in [0.2, 0.25) is 0 Å². The van der Waals surface area contributed by atoms with Gasteiger partial charge in [-0.1, -0.05) is 69.8 Å². The van der Waals surface area contributed by atoms with Crippen molar-refractivity contribution in [1.82, 2.24) is 9.55 Å². The Morgan fingerprint density at radius 3 is 2.68 bits per heavy atom. The Hall–Kier alpha value is -1.63. The van der Waals surface area contributed by atoms with Gasteiger partial charge >= 0.3 is 0 Å². The number of ether oxygens (including phenoxy) is 1. The van der Waals surface area contributed by atoms with Crippen LogP contribution in [0, 0.1) is 5.92 Å². The fraction of sp³-hybridized carbons (Fsp3) is 0.455. The van der Waals surface area contributed by atoms with E-state index in [2.05, 4.69) is 39.8 Å². The minimum absolute atomic E-state index is 0.0823. The third kappa shape index (κ3) is 3.78. The number of rotatable bonds is 5. The fourth-order valence-corrected chi connectivity index (χ4v) is 5.59. The summed E-state index contributed by atoms with van der Waals surface area (Å²) >= 11 is 3.27. The molecule has 0 saturated heterocycles. The molecule has 1 atom stereocenters. The van der Waals surface area contributed by atoms with E-state index in [4.69, 9.17) is 9.72 Å². The van der Waals surface area contributed by atoms with Gasteiger partial charge in [-0.05, 0) is 17.0 Å². The number of hydrogen-bond acceptors (Lipinski definition) is 5. The highest BCUT2D eigenvalue weighted by Crippen LogP contribution is 2.36. The van der Waals surface area contributed by atoms with Crippen LogP contribution >= 0.6 is 23.1 Å². The van der Waals surface area contributed by atoms with E-state index >= 15 is 0 Å². The first-order chi connectivity index (χ1) is 13.4. The molecule has 1 aliphatic heterocycles. The quantitative estimate of drug-likeness (QED) is 0.430. The molecule has 6 heteroatoms. The van der Waals surface area contributed by atoms with Gasteiger partial charge in [0.2, 0.25) is 0 Å². The van der Waals surface area contributed by atoms with Crippen LogP contribution in [0.4, 0.5) is 0 Å². The van der Waals surface area contributed by atoms with E-state index in [1.807, 2.05) is 22.8 Å². The first-order valence-electron chi connectivity index (χ1n) is 9.81. The van der Waals surface area contributed by atoms with Gasteiger partial charge in [0.05, 0.1) is 24.6 Å². The molecule has 148 valence electrons. The number of fused-ring (bicyclic) bond motifs is 3. The van der Waals surface area contributed by atoms with E-state index in [-0.39, 0.29) is 11.7 Å². The predicted octanol–water partition coefficient (Wildman–Crippen LogP) is 5.10. The molecule has 0 N–H and O–H groups in total. The highest BCUT2D eigenvalue weighted by molar-refractivity contribution is 7.99. The summed E-state index contributed by atoms with van der Waals surface area (Å²) in [5.41, 5.74) is 2.35. The number of aromatic nitrogens is 2. The molecule has 0 fully saturated rings. The second-order valence-corrected chi connectivity index (χ2v) is 10.5. The van der Waals surface area contributed by atoms with Crippen molar-refractivity contribution in [3.8, 4) is 0 Å². The molecule has 3 heterocycles. The summed E-state index contributed by atoms with van der Waals surface area (Å²) < 4.78 is 7.88. The van der Waals surface area contributed by atoms with Crippen molar-refractivity contribution in [2.75, 3.05) is 0 Å². The average Bonchev–Trinajstić information content (AvgIpc) is 3.02. The first-order valence-corrected chi connectivity index (χ1v) is 11.5. The summed E-state index contributed by atoms with van der Waals surface area (Å²) in [6.45, 7) is 9.75. The van der Waals surface area contributed by atoms with Gasteiger partial charge in [0, 0.05) is 16.5 Å². The van der Waals surface area contributed by atoms with Crippen LogP contribution in [0.1, 0.15) is 43.7 Å². The van der Waals surface area contributed by atoms with Gasteiger partial charge in [-0.25, -0.2) is 4.98 Å². The van der Waals surface area contributed by atoms with Gasteiger partial charge in [0.1, 0.15) is 4.83 Å². The molecule has 1 aliphatic rings. The van der Waals surface area contributed by atoms with Crippen molar-refractivity contribution in [1.29, 1.82) is 0 Å². The Labute approximate surface area is 174 Å². The fourth-order valence-electron chi connectivity index (χ4n) is 3.58. The van der Waals surface area contributed by atoms with Crippen molar-refractivity contribution in [2.45, 2.75) is 63.8 Å². The molecule has 0 radical (unpaired) electrons. The Balaban J connectivity index is 1.87. The second kappa shape index (κ2) is 8.01. The summed E-state index contributed by atoms with van der Waals surface area (Å²) in [6, 6.07) is 10.1. The molecular formula is C22H26N2O2S2. The van der Waals surface area contributed by atoms with Crippen molar-refractivity contribution in [3.05, 3.63) is 56.7 Å². The van der Waals surface area contributed by atoms with Gasteiger partial charge in [-0.2, -0.15) is 0 Å². The summed E-state index contributed by atoms with van der Waals surface area (Å²) in [6.07, 6.45) is 0.961. The van der Waals surface area contributed by atoms with E-state index in [9.17, 15) is 4.79 Å².